The maximum atomic E-state index is 10.9. The fourth-order valence-electron chi connectivity index (χ4n) is 0.866. The predicted octanol–water partition coefficient (Wildman–Crippen LogP) is 2.07. The van der Waals surface area contributed by atoms with Gasteiger partial charge in [0.2, 0.25) is 0 Å². The highest BCUT2D eigenvalue weighted by Crippen LogP contribution is 2.19. The van der Waals surface area contributed by atoms with E-state index < -0.39 is 0 Å². The third kappa shape index (κ3) is 4.17. The Balaban J connectivity index is 2.68. The van der Waals surface area contributed by atoms with E-state index in [1.54, 1.807) is 6.07 Å². The van der Waals surface area contributed by atoms with Crippen LogP contribution in [0.3, 0.4) is 0 Å². The molecule has 0 unspecified atom stereocenters. The summed E-state index contributed by atoms with van der Waals surface area (Å²) >= 11 is 4.64. The van der Waals surface area contributed by atoms with Crippen molar-refractivity contribution in [1.29, 1.82) is 0 Å². The van der Waals surface area contributed by atoms with Crippen molar-refractivity contribution in [2.24, 2.45) is 0 Å². The molecular weight excluding hydrogens is 280 g/mol. The van der Waals surface area contributed by atoms with Crippen molar-refractivity contribution in [3.05, 3.63) is 16.5 Å². The SMILES string of the molecule is CCc1nc(Br)cc(SCC(=O)OC)n1. The van der Waals surface area contributed by atoms with Gasteiger partial charge in [0.1, 0.15) is 15.5 Å². The quantitative estimate of drug-likeness (QED) is 0.483. The second-order valence-electron chi connectivity index (χ2n) is 2.66. The number of rotatable bonds is 4. The number of methoxy groups -OCH3 is 1. The fraction of sp³-hybridized carbons (Fsp3) is 0.444. The molecule has 0 aliphatic rings. The number of carbonyl (C=O) groups is 1. The summed E-state index contributed by atoms with van der Waals surface area (Å²) in [7, 11) is 1.37. The van der Waals surface area contributed by atoms with Gasteiger partial charge in [-0.3, -0.25) is 4.79 Å². The number of halogens is 1. The minimum atomic E-state index is -0.257. The highest BCUT2D eigenvalue weighted by molar-refractivity contribution is 9.10. The van der Waals surface area contributed by atoms with Crippen molar-refractivity contribution < 1.29 is 9.53 Å². The molecule has 0 bridgehead atoms. The topological polar surface area (TPSA) is 52.1 Å². The van der Waals surface area contributed by atoms with Gasteiger partial charge in [-0.15, -0.1) is 0 Å². The molecule has 6 heteroatoms. The second kappa shape index (κ2) is 6.07. The van der Waals surface area contributed by atoms with Gasteiger partial charge in [0.25, 0.3) is 0 Å². The Kier molecular flexibility index (Phi) is 5.04. The standard InChI is InChI=1S/C9H11BrN2O2S/c1-3-7-11-6(10)4-8(12-7)15-5-9(13)14-2/h4H,3,5H2,1-2H3. The monoisotopic (exact) mass is 290 g/mol. The van der Waals surface area contributed by atoms with E-state index >= 15 is 0 Å². The molecule has 0 amide bonds. The minimum absolute atomic E-state index is 0.257. The van der Waals surface area contributed by atoms with Crippen LogP contribution >= 0.6 is 27.7 Å². The van der Waals surface area contributed by atoms with Crippen LogP contribution in [0.2, 0.25) is 0 Å². The first-order valence-electron chi connectivity index (χ1n) is 4.38. The smallest absolute Gasteiger partial charge is 0.316 e. The van der Waals surface area contributed by atoms with Crippen LogP contribution in [-0.4, -0.2) is 28.8 Å². The maximum Gasteiger partial charge on any atom is 0.316 e. The van der Waals surface area contributed by atoms with E-state index in [9.17, 15) is 4.79 Å². The molecule has 1 heterocycles. The van der Waals surface area contributed by atoms with Crippen molar-refractivity contribution >= 4 is 33.7 Å². The Morgan fingerprint density at radius 2 is 2.33 bits per heavy atom. The van der Waals surface area contributed by atoms with E-state index in [4.69, 9.17) is 0 Å². The number of thioether (sulfide) groups is 1. The molecule has 0 fully saturated rings. The molecule has 4 nitrogen and oxygen atoms in total. The summed E-state index contributed by atoms with van der Waals surface area (Å²) in [6.45, 7) is 1.98. The lowest BCUT2D eigenvalue weighted by molar-refractivity contribution is -0.137. The van der Waals surface area contributed by atoms with E-state index in [2.05, 4.69) is 30.6 Å². The molecule has 0 atom stereocenters. The van der Waals surface area contributed by atoms with E-state index in [0.717, 1.165) is 21.9 Å². The zero-order valence-electron chi connectivity index (χ0n) is 8.49. The van der Waals surface area contributed by atoms with Crippen LogP contribution in [0, 0.1) is 0 Å². The van der Waals surface area contributed by atoms with Crippen molar-refractivity contribution in [2.45, 2.75) is 18.4 Å². The largest absolute Gasteiger partial charge is 0.468 e. The molecule has 82 valence electrons. The van der Waals surface area contributed by atoms with Gasteiger partial charge in [-0.2, -0.15) is 0 Å². The lowest BCUT2D eigenvalue weighted by Crippen LogP contribution is -2.04. The predicted molar refractivity (Wildman–Crippen MR) is 61.9 cm³/mol. The summed E-state index contributed by atoms with van der Waals surface area (Å²) < 4.78 is 5.28. The molecule has 0 radical (unpaired) electrons. The fourth-order valence-corrected chi connectivity index (χ4v) is 2.19. The van der Waals surface area contributed by atoms with Gasteiger partial charge < -0.3 is 4.74 Å². The lowest BCUT2D eigenvalue weighted by atomic mass is 10.4. The van der Waals surface area contributed by atoms with E-state index in [-0.39, 0.29) is 11.7 Å². The Morgan fingerprint density at radius 1 is 1.60 bits per heavy atom. The third-order valence-electron chi connectivity index (χ3n) is 1.60. The van der Waals surface area contributed by atoms with Crippen molar-refractivity contribution in [3.63, 3.8) is 0 Å². The van der Waals surface area contributed by atoms with Gasteiger partial charge in [0, 0.05) is 12.5 Å². The van der Waals surface area contributed by atoms with Crippen LogP contribution in [0.1, 0.15) is 12.7 Å². The number of hydrogen-bond donors (Lipinski definition) is 0. The first-order chi connectivity index (χ1) is 7.15. The van der Waals surface area contributed by atoms with Gasteiger partial charge in [-0.05, 0) is 15.9 Å². The first kappa shape index (κ1) is 12.4. The number of nitrogens with zero attached hydrogens (tertiary/aromatic N) is 2. The zero-order valence-corrected chi connectivity index (χ0v) is 10.9. The van der Waals surface area contributed by atoms with E-state index in [0.29, 0.717) is 0 Å². The summed E-state index contributed by atoms with van der Waals surface area (Å²) in [6, 6.07) is 1.78. The van der Waals surface area contributed by atoms with Crippen LogP contribution in [0.25, 0.3) is 0 Å². The molecule has 0 saturated heterocycles. The van der Waals surface area contributed by atoms with Gasteiger partial charge in [0.05, 0.1) is 12.9 Å². The summed E-state index contributed by atoms with van der Waals surface area (Å²) in [6.07, 6.45) is 0.769. The minimum Gasteiger partial charge on any atom is -0.468 e. The van der Waals surface area contributed by atoms with E-state index in [1.165, 1.54) is 18.9 Å². The van der Waals surface area contributed by atoms with Crippen molar-refractivity contribution in [3.8, 4) is 0 Å². The van der Waals surface area contributed by atoms with Crippen LogP contribution in [0.4, 0.5) is 0 Å². The van der Waals surface area contributed by atoms with Gasteiger partial charge in [-0.1, -0.05) is 18.7 Å². The zero-order chi connectivity index (χ0) is 11.3. The lowest BCUT2D eigenvalue weighted by Gasteiger charge is -2.02. The number of carbonyl (C=O) groups excluding carboxylic acids is 1. The van der Waals surface area contributed by atoms with E-state index in [1.807, 2.05) is 6.92 Å². The number of ether oxygens (including phenoxy) is 1. The molecule has 0 spiro atoms. The van der Waals surface area contributed by atoms with Crippen molar-refractivity contribution in [1.82, 2.24) is 9.97 Å². The van der Waals surface area contributed by atoms with Crippen LogP contribution in [0.15, 0.2) is 15.7 Å². The van der Waals surface area contributed by atoms with Crippen LogP contribution in [0.5, 0.6) is 0 Å². The number of hydrogen-bond acceptors (Lipinski definition) is 5. The summed E-state index contributed by atoms with van der Waals surface area (Å²) in [5.41, 5.74) is 0. The highest BCUT2D eigenvalue weighted by atomic mass is 79.9. The van der Waals surface area contributed by atoms with Gasteiger partial charge in [-0.25, -0.2) is 9.97 Å². The summed E-state index contributed by atoms with van der Waals surface area (Å²) in [5, 5.41) is 0.777. The summed E-state index contributed by atoms with van der Waals surface area (Å²) in [5.74, 6) is 0.771. The summed E-state index contributed by atoms with van der Waals surface area (Å²) in [4.78, 5) is 19.4. The highest BCUT2D eigenvalue weighted by Gasteiger charge is 2.05. The number of esters is 1. The maximum absolute atomic E-state index is 10.9. The Morgan fingerprint density at radius 3 is 2.93 bits per heavy atom. The average molecular weight is 291 g/mol. The number of aryl methyl sites for hydroxylation is 1. The first-order valence-corrected chi connectivity index (χ1v) is 6.16. The Labute approximate surface area is 101 Å². The molecular formula is C9H11BrN2O2S. The van der Waals surface area contributed by atoms with Gasteiger partial charge >= 0.3 is 5.97 Å². The second-order valence-corrected chi connectivity index (χ2v) is 4.47. The third-order valence-corrected chi connectivity index (χ3v) is 2.89. The van der Waals surface area contributed by atoms with Gasteiger partial charge in [0.15, 0.2) is 0 Å². The normalized spacial score (nSPS) is 10.1. The van der Waals surface area contributed by atoms with Crippen LogP contribution in [-0.2, 0) is 16.0 Å². The molecule has 0 N–H and O–H groups in total. The molecule has 1 rings (SSSR count). The Hall–Kier alpha value is -0.620. The van der Waals surface area contributed by atoms with Crippen LogP contribution < -0.4 is 0 Å². The molecule has 0 aliphatic heterocycles. The van der Waals surface area contributed by atoms with Crippen molar-refractivity contribution in [2.75, 3.05) is 12.9 Å². The molecule has 0 aromatic carbocycles. The molecule has 0 aliphatic carbocycles. The molecule has 0 saturated carbocycles. The Bertz CT molecular complexity index is 360. The number of aromatic nitrogens is 2. The average Bonchev–Trinajstić information content (AvgIpc) is 2.25. The molecule has 15 heavy (non-hydrogen) atoms. The molecule has 1 aromatic heterocycles. The molecule has 1 aromatic rings.